The van der Waals surface area contributed by atoms with Gasteiger partial charge in [-0.15, -0.1) is 0 Å². The highest BCUT2D eigenvalue weighted by atomic mass is 32.1. The van der Waals surface area contributed by atoms with Gasteiger partial charge in [-0.1, -0.05) is 48.0 Å². The van der Waals surface area contributed by atoms with E-state index in [2.05, 4.69) is 0 Å². The number of hydrogen-bond donors (Lipinski definition) is 1. The number of anilines is 2. The van der Waals surface area contributed by atoms with E-state index in [4.69, 9.17) is 12.2 Å². The molecule has 0 aromatic heterocycles. The number of thiocarbonyl (C=S) groups is 1. The molecular weight excluding hydrogens is 396 g/mol. The van der Waals surface area contributed by atoms with Gasteiger partial charge in [0.15, 0.2) is 5.11 Å². The van der Waals surface area contributed by atoms with Crippen molar-refractivity contribution in [3.63, 3.8) is 0 Å². The highest BCUT2D eigenvalue weighted by molar-refractivity contribution is 7.81. The Balaban J connectivity index is 1.86. The minimum atomic E-state index is -0.493. The molecule has 5 nitrogen and oxygen atoms in total. The fraction of sp³-hybridized carbons (Fsp3) is 0.0417. The lowest BCUT2D eigenvalue weighted by Gasteiger charge is -2.36. The molecule has 3 aromatic carbocycles. The second kappa shape index (κ2) is 7.93. The minimum Gasteiger partial charge on any atom is -0.508 e. The molecule has 0 atom stereocenters. The summed E-state index contributed by atoms with van der Waals surface area (Å²) in [6.07, 6.45) is 1.52. The summed E-state index contributed by atoms with van der Waals surface area (Å²) >= 11 is 5.58. The van der Waals surface area contributed by atoms with E-state index in [0.29, 0.717) is 16.9 Å². The number of para-hydroxylation sites is 1. The number of phenols is 1. The second-order valence-electron chi connectivity index (χ2n) is 6.88. The molecule has 1 N–H and O–H groups in total. The van der Waals surface area contributed by atoms with Crippen LogP contribution >= 0.6 is 12.2 Å². The van der Waals surface area contributed by atoms with Crippen molar-refractivity contribution in [1.29, 1.82) is 0 Å². The Kier molecular flexibility index (Phi) is 5.16. The third-order valence-electron chi connectivity index (χ3n) is 4.76. The summed E-state index contributed by atoms with van der Waals surface area (Å²) in [5.74, 6) is -0.881. The van der Waals surface area contributed by atoms with Crippen LogP contribution in [0.1, 0.15) is 11.1 Å². The molecule has 0 aliphatic carbocycles. The van der Waals surface area contributed by atoms with Crippen molar-refractivity contribution in [3.8, 4) is 5.75 Å². The Morgan fingerprint density at radius 2 is 1.30 bits per heavy atom. The van der Waals surface area contributed by atoms with Gasteiger partial charge in [0.2, 0.25) is 0 Å². The van der Waals surface area contributed by atoms with Gasteiger partial charge in [0.05, 0.1) is 11.4 Å². The largest absolute Gasteiger partial charge is 0.508 e. The number of carbonyl (C=O) groups is 2. The fourth-order valence-electron chi connectivity index (χ4n) is 3.19. The quantitative estimate of drug-likeness (QED) is 0.391. The molecule has 2 amide bonds. The Morgan fingerprint density at radius 1 is 0.767 bits per heavy atom. The standard InChI is InChI=1S/C24H18N2O3S/c1-16-7-11-19(12-8-16)26-23(29)21(15-17-9-13-20(27)14-10-17)22(28)25(24(26)30)18-5-3-2-4-6-18/h2-15,27H,1H3. The molecule has 0 saturated carbocycles. The van der Waals surface area contributed by atoms with Gasteiger partial charge in [0.25, 0.3) is 11.8 Å². The van der Waals surface area contributed by atoms with Crippen LogP contribution in [-0.4, -0.2) is 22.0 Å². The maximum Gasteiger partial charge on any atom is 0.270 e. The first-order valence-corrected chi connectivity index (χ1v) is 9.72. The van der Waals surface area contributed by atoms with Crippen molar-refractivity contribution in [2.24, 2.45) is 0 Å². The zero-order chi connectivity index (χ0) is 21.3. The van der Waals surface area contributed by atoms with Gasteiger partial charge in [-0.05, 0) is 67.2 Å². The molecule has 1 heterocycles. The molecule has 1 fully saturated rings. The van der Waals surface area contributed by atoms with Crippen LogP contribution in [0.5, 0.6) is 5.75 Å². The zero-order valence-corrected chi connectivity index (χ0v) is 17.0. The Morgan fingerprint density at radius 3 is 1.87 bits per heavy atom. The lowest BCUT2D eigenvalue weighted by Crippen LogP contribution is -2.56. The van der Waals surface area contributed by atoms with Crippen LogP contribution in [0.3, 0.4) is 0 Å². The third kappa shape index (κ3) is 3.60. The Labute approximate surface area is 179 Å². The summed E-state index contributed by atoms with van der Waals surface area (Å²) in [6, 6.07) is 22.7. The van der Waals surface area contributed by atoms with E-state index in [1.54, 1.807) is 48.5 Å². The number of hydrogen-bond acceptors (Lipinski definition) is 4. The summed E-state index contributed by atoms with van der Waals surface area (Å²) < 4.78 is 0. The Bertz CT molecular complexity index is 1150. The molecule has 0 unspecified atom stereocenters. The summed E-state index contributed by atoms with van der Waals surface area (Å²) in [6.45, 7) is 1.95. The second-order valence-corrected chi connectivity index (χ2v) is 7.25. The van der Waals surface area contributed by atoms with Crippen molar-refractivity contribution < 1.29 is 14.7 Å². The number of benzene rings is 3. The van der Waals surface area contributed by atoms with Gasteiger partial charge >= 0.3 is 0 Å². The van der Waals surface area contributed by atoms with Crippen molar-refractivity contribution >= 4 is 46.6 Å². The molecule has 0 spiro atoms. The molecule has 1 aliphatic heterocycles. The first-order chi connectivity index (χ1) is 14.5. The number of aromatic hydroxyl groups is 1. The maximum atomic E-state index is 13.4. The van der Waals surface area contributed by atoms with Crippen molar-refractivity contribution in [3.05, 3.63) is 95.6 Å². The minimum absolute atomic E-state index is 0.0151. The van der Waals surface area contributed by atoms with Crippen LogP contribution in [0.15, 0.2) is 84.4 Å². The predicted molar refractivity (Wildman–Crippen MR) is 121 cm³/mol. The lowest BCUT2D eigenvalue weighted by atomic mass is 10.0. The molecule has 3 aromatic rings. The van der Waals surface area contributed by atoms with Crippen LogP contribution in [0.4, 0.5) is 11.4 Å². The highest BCUT2D eigenvalue weighted by Gasteiger charge is 2.41. The van der Waals surface area contributed by atoms with Gasteiger partial charge in [0, 0.05) is 0 Å². The summed E-state index contributed by atoms with van der Waals surface area (Å²) in [7, 11) is 0. The first kappa shape index (κ1) is 19.5. The number of rotatable bonds is 3. The molecule has 0 radical (unpaired) electrons. The van der Waals surface area contributed by atoms with Gasteiger partial charge in [-0.2, -0.15) is 0 Å². The van der Waals surface area contributed by atoms with Gasteiger partial charge in [-0.3, -0.25) is 19.4 Å². The van der Waals surface area contributed by atoms with Gasteiger partial charge < -0.3 is 5.11 Å². The molecule has 0 bridgehead atoms. The smallest absolute Gasteiger partial charge is 0.270 e. The van der Waals surface area contributed by atoms with Crippen molar-refractivity contribution in [2.45, 2.75) is 6.92 Å². The Hall–Kier alpha value is -3.77. The summed E-state index contributed by atoms with van der Waals surface area (Å²) in [5, 5.41) is 9.62. The number of amides is 2. The normalized spacial score (nSPS) is 15.8. The maximum absolute atomic E-state index is 13.4. The van der Waals surface area contributed by atoms with Gasteiger partial charge in [-0.25, -0.2) is 0 Å². The molecule has 1 aliphatic rings. The third-order valence-corrected chi connectivity index (χ3v) is 5.13. The average molecular weight is 414 g/mol. The lowest BCUT2D eigenvalue weighted by molar-refractivity contribution is -0.120. The number of carbonyl (C=O) groups excluding carboxylic acids is 2. The number of nitrogens with zero attached hydrogens (tertiary/aromatic N) is 2. The fourth-order valence-corrected chi connectivity index (χ4v) is 3.57. The van der Waals surface area contributed by atoms with Gasteiger partial charge in [0.1, 0.15) is 11.3 Å². The predicted octanol–water partition coefficient (Wildman–Crippen LogP) is 4.45. The number of phenolic OH excluding ortho intramolecular Hbond substituents is 1. The SMILES string of the molecule is Cc1ccc(N2C(=O)C(=Cc3ccc(O)cc3)C(=O)N(c3ccccc3)C2=S)cc1. The monoisotopic (exact) mass is 414 g/mol. The summed E-state index contributed by atoms with van der Waals surface area (Å²) in [5.41, 5.74) is 2.81. The van der Waals surface area contributed by atoms with Crippen LogP contribution in [0.25, 0.3) is 6.08 Å². The van der Waals surface area contributed by atoms with E-state index in [1.165, 1.54) is 28.0 Å². The van der Waals surface area contributed by atoms with Crippen LogP contribution in [-0.2, 0) is 9.59 Å². The molecule has 1 saturated heterocycles. The molecular formula is C24H18N2O3S. The van der Waals surface area contributed by atoms with Crippen LogP contribution in [0.2, 0.25) is 0 Å². The van der Waals surface area contributed by atoms with E-state index < -0.39 is 11.8 Å². The van der Waals surface area contributed by atoms with Crippen molar-refractivity contribution in [1.82, 2.24) is 0 Å². The molecule has 148 valence electrons. The van der Waals surface area contributed by atoms with E-state index in [1.807, 2.05) is 25.1 Å². The van der Waals surface area contributed by atoms with E-state index in [9.17, 15) is 14.7 Å². The van der Waals surface area contributed by atoms with E-state index in [-0.39, 0.29) is 16.4 Å². The van der Waals surface area contributed by atoms with Crippen molar-refractivity contribution in [2.75, 3.05) is 9.80 Å². The highest BCUT2D eigenvalue weighted by Crippen LogP contribution is 2.30. The number of aryl methyl sites for hydroxylation is 1. The molecule has 30 heavy (non-hydrogen) atoms. The van der Waals surface area contributed by atoms with Crippen LogP contribution in [0, 0.1) is 6.92 Å². The summed E-state index contributed by atoms with van der Waals surface area (Å²) in [4.78, 5) is 29.4. The van der Waals surface area contributed by atoms with E-state index >= 15 is 0 Å². The zero-order valence-electron chi connectivity index (χ0n) is 16.1. The molecule has 4 rings (SSSR count). The topological polar surface area (TPSA) is 60.9 Å². The van der Waals surface area contributed by atoms with E-state index in [0.717, 1.165) is 5.56 Å². The van der Waals surface area contributed by atoms with Crippen LogP contribution < -0.4 is 9.80 Å². The average Bonchev–Trinajstić information content (AvgIpc) is 2.75. The molecule has 6 heteroatoms. The first-order valence-electron chi connectivity index (χ1n) is 9.31.